The Morgan fingerprint density at radius 1 is 1.22 bits per heavy atom. The summed E-state index contributed by atoms with van der Waals surface area (Å²) < 4.78 is 13.1. The van der Waals surface area contributed by atoms with Crippen LogP contribution >= 0.6 is 0 Å². The summed E-state index contributed by atoms with van der Waals surface area (Å²) in [5.41, 5.74) is 6.66. The average Bonchev–Trinajstić information content (AvgIpc) is 3.04. The molecule has 0 aliphatic heterocycles. The van der Waals surface area contributed by atoms with Gasteiger partial charge in [-0.3, -0.25) is 9.79 Å². The summed E-state index contributed by atoms with van der Waals surface area (Å²) >= 11 is 0. The lowest BCUT2D eigenvalue weighted by Crippen LogP contribution is -2.35. The van der Waals surface area contributed by atoms with Crippen molar-refractivity contribution in [1.82, 2.24) is 20.2 Å². The smallest absolute Gasteiger partial charge is 0.227 e. The number of nitrogens with one attached hydrogen (secondary N) is 2. The van der Waals surface area contributed by atoms with Gasteiger partial charge in [0.15, 0.2) is 11.7 Å². The predicted octanol–water partition coefficient (Wildman–Crippen LogP) is 2.29. The molecule has 1 saturated carbocycles. The number of methoxy groups -OCH3 is 1. The zero-order valence-corrected chi connectivity index (χ0v) is 22.3. The molecule has 0 radical (unpaired) electrons. The van der Waals surface area contributed by atoms with Crippen LogP contribution in [0.15, 0.2) is 35.5 Å². The highest BCUT2D eigenvalue weighted by Crippen LogP contribution is 2.37. The van der Waals surface area contributed by atoms with E-state index in [1.807, 2.05) is 31.5 Å². The van der Waals surface area contributed by atoms with Crippen molar-refractivity contribution < 1.29 is 14.3 Å². The Hall–Kier alpha value is -2.49. The second-order valence-electron chi connectivity index (χ2n) is 9.75. The van der Waals surface area contributed by atoms with Gasteiger partial charge in [-0.25, -0.2) is 4.98 Å². The maximum Gasteiger partial charge on any atom is 0.227 e. The van der Waals surface area contributed by atoms with E-state index in [4.69, 9.17) is 20.2 Å². The number of carbonyl (C=O) groups is 1. The quantitative estimate of drug-likeness (QED) is 0.149. The van der Waals surface area contributed by atoms with Crippen LogP contribution in [0.5, 0.6) is 0 Å². The Labute approximate surface area is 215 Å². The third-order valence-electron chi connectivity index (χ3n) is 7.34. The number of aromatic nitrogens is 2. The SMILES string of the molecule is C/N=C(/NC1C=CCC(C(=O)NCCOCCN)C=C1)c1ncc(C2CCC(OC)CCC2C)n1C. The van der Waals surface area contributed by atoms with E-state index in [0.717, 1.165) is 37.3 Å². The first-order valence-corrected chi connectivity index (χ1v) is 13.2. The number of amidine groups is 1. The van der Waals surface area contributed by atoms with E-state index in [1.54, 1.807) is 7.05 Å². The van der Waals surface area contributed by atoms with Crippen LogP contribution in [0.4, 0.5) is 0 Å². The second kappa shape index (κ2) is 14.3. The van der Waals surface area contributed by atoms with Gasteiger partial charge in [0.05, 0.1) is 31.3 Å². The molecule has 4 N–H and O–H groups in total. The molecule has 5 unspecified atom stereocenters. The van der Waals surface area contributed by atoms with Crippen molar-refractivity contribution in [1.29, 1.82) is 0 Å². The van der Waals surface area contributed by atoms with Gasteiger partial charge in [-0.1, -0.05) is 31.2 Å². The largest absolute Gasteiger partial charge is 0.381 e. The molecular weight excluding hydrogens is 456 g/mol. The highest BCUT2D eigenvalue weighted by Gasteiger charge is 2.29. The molecule has 9 nitrogen and oxygen atoms in total. The number of hydrogen-bond donors (Lipinski definition) is 3. The van der Waals surface area contributed by atoms with Gasteiger partial charge in [0.25, 0.3) is 0 Å². The summed E-state index contributed by atoms with van der Waals surface area (Å²) in [4.78, 5) is 21.8. The van der Waals surface area contributed by atoms with E-state index in [-0.39, 0.29) is 17.9 Å². The van der Waals surface area contributed by atoms with Crippen molar-refractivity contribution in [2.24, 2.45) is 29.6 Å². The third kappa shape index (κ3) is 7.51. The number of aliphatic imine (C=N–C) groups is 1. The van der Waals surface area contributed by atoms with Crippen molar-refractivity contribution in [3.05, 3.63) is 42.0 Å². The number of nitrogens with zero attached hydrogens (tertiary/aromatic N) is 3. The molecule has 0 saturated heterocycles. The van der Waals surface area contributed by atoms with E-state index in [2.05, 4.69) is 40.2 Å². The second-order valence-corrected chi connectivity index (χ2v) is 9.75. The van der Waals surface area contributed by atoms with Gasteiger partial charge in [-0.15, -0.1) is 0 Å². The Kier molecular flexibility index (Phi) is 11.2. The fourth-order valence-corrected chi connectivity index (χ4v) is 5.12. The number of imidazole rings is 1. The van der Waals surface area contributed by atoms with Gasteiger partial charge in [0.1, 0.15) is 0 Å². The highest BCUT2D eigenvalue weighted by molar-refractivity contribution is 5.96. The molecule has 0 bridgehead atoms. The normalized spacial score (nSPS) is 26.9. The Morgan fingerprint density at radius 2 is 2.03 bits per heavy atom. The Bertz CT molecular complexity index is 925. The number of rotatable bonds is 10. The molecule has 200 valence electrons. The zero-order chi connectivity index (χ0) is 25.9. The van der Waals surface area contributed by atoms with Gasteiger partial charge in [-0.2, -0.15) is 0 Å². The molecule has 0 spiro atoms. The van der Waals surface area contributed by atoms with Crippen LogP contribution < -0.4 is 16.4 Å². The number of ether oxygens (including phenoxy) is 2. The van der Waals surface area contributed by atoms with E-state index in [1.165, 1.54) is 5.69 Å². The molecule has 1 fully saturated rings. The fourth-order valence-electron chi connectivity index (χ4n) is 5.12. The van der Waals surface area contributed by atoms with Crippen LogP contribution in [-0.4, -0.2) is 73.9 Å². The summed E-state index contributed by atoms with van der Waals surface area (Å²) in [6.45, 7) is 4.27. The summed E-state index contributed by atoms with van der Waals surface area (Å²) in [7, 11) is 5.67. The summed E-state index contributed by atoms with van der Waals surface area (Å²) in [6, 6.07) is -0.0752. The summed E-state index contributed by atoms with van der Waals surface area (Å²) in [5, 5.41) is 6.43. The minimum atomic E-state index is -0.211. The van der Waals surface area contributed by atoms with Gasteiger partial charge in [0.2, 0.25) is 5.91 Å². The molecule has 0 aromatic carbocycles. The van der Waals surface area contributed by atoms with Crippen molar-refractivity contribution >= 4 is 11.7 Å². The fraction of sp³-hybridized carbons (Fsp3) is 0.667. The molecule has 5 atom stereocenters. The number of nitrogens with two attached hydrogens (primary N) is 1. The first-order valence-electron chi connectivity index (χ1n) is 13.2. The number of carbonyl (C=O) groups excluding carboxylic acids is 1. The van der Waals surface area contributed by atoms with E-state index < -0.39 is 0 Å². The zero-order valence-electron chi connectivity index (χ0n) is 22.3. The van der Waals surface area contributed by atoms with E-state index >= 15 is 0 Å². The number of allylic oxidation sites excluding steroid dienone is 1. The molecule has 1 amide bonds. The van der Waals surface area contributed by atoms with Crippen LogP contribution in [0.25, 0.3) is 0 Å². The first kappa shape index (κ1) is 28.1. The maximum absolute atomic E-state index is 12.5. The number of hydrogen-bond acceptors (Lipinski definition) is 6. The minimum absolute atomic E-state index is 0.000689. The van der Waals surface area contributed by atoms with Crippen molar-refractivity contribution in [3.63, 3.8) is 0 Å². The van der Waals surface area contributed by atoms with Gasteiger partial charge in [-0.05, 0) is 38.0 Å². The van der Waals surface area contributed by atoms with Crippen LogP contribution in [0.3, 0.4) is 0 Å². The predicted molar refractivity (Wildman–Crippen MR) is 143 cm³/mol. The topological polar surface area (TPSA) is 116 Å². The minimum Gasteiger partial charge on any atom is -0.381 e. The highest BCUT2D eigenvalue weighted by atomic mass is 16.5. The molecule has 3 rings (SSSR count). The molecule has 36 heavy (non-hydrogen) atoms. The van der Waals surface area contributed by atoms with Crippen LogP contribution in [0, 0.1) is 11.8 Å². The number of amides is 1. The summed E-state index contributed by atoms with van der Waals surface area (Å²) in [6.07, 6.45) is 15.6. The molecule has 2 aliphatic carbocycles. The molecule has 1 heterocycles. The first-order chi connectivity index (χ1) is 17.5. The molecular formula is C27H44N6O3. The van der Waals surface area contributed by atoms with Crippen LogP contribution in [0.2, 0.25) is 0 Å². The van der Waals surface area contributed by atoms with Gasteiger partial charge >= 0.3 is 0 Å². The van der Waals surface area contributed by atoms with Crippen molar-refractivity contribution in [3.8, 4) is 0 Å². The van der Waals surface area contributed by atoms with Crippen molar-refractivity contribution in [2.45, 2.75) is 57.1 Å². The molecule has 2 aliphatic rings. The summed E-state index contributed by atoms with van der Waals surface area (Å²) in [5.74, 6) is 2.37. The van der Waals surface area contributed by atoms with Gasteiger partial charge in [0, 0.05) is 52.1 Å². The van der Waals surface area contributed by atoms with E-state index in [0.29, 0.717) is 50.7 Å². The lowest BCUT2D eigenvalue weighted by atomic mass is 9.87. The lowest BCUT2D eigenvalue weighted by molar-refractivity contribution is -0.123. The Balaban J connectivity index is 1.62. The molecule has 1 aromatic rings. The van der Waals surface area contributed by atoms with E-state index in [9.17, 15) is 4.79 Å². The standard InChI is InChI=1S/C27H44N6O3/c1-19-8-11-22(35-4)12-13-23(19)24-18-31-26(33(24)3)25(29-2)32-21-7-5-6-20(9-10-21)27(34)30-15-17-36-16-14-28/h5,7,9-10,18-23H,6,8,11-17,28H2,1-4H3,(H,29,32)(H,30,34). The Morgan fingerprint density at radius 3 is 2.78 bits per heavy atom. The molecule has 9 heteroatoms. The van der Waals surface area contributed by atoms with Gasteiger partial charge < -0.3 is 30.4 Å². The maximum atomic E-state index is 12.5. The lowest BCUT2D eigenvalue weighted by Gasteiger charge is -2.22. The van der Waals surface area contributed by atoms with Crippen LogP contribution in [0.1, 0.15) is 56.5 Å². The van der Waals surface area contributed by atoms with Crippen molar-refractivity contribution in [2.75, 3.05) is 40.5 Å². The monoisotopic (exact) mass is 500 g/mol. The molecule has 1 aromatic heterocycles. The third-order valence-corrected chi connectivity index (χ3v) is 7.34. The van der Waals surface area contributed by atoms with Crippen LogP contribution in [-0.2, 0) is 21.3 Å². The average molecular weight is 501 g/mol.